The van der Waals surface area contributed by atoms with E-state index in [1.54, 1.807) is 6.07 Å². The van der Waals surface area contributed by atoms with Gasteiger partial charge in [0.1, 0.15) is 5.69 Å². The van der Waals surface area contributed by atoms with Gasteiger partial charge in [-0.2, -0.15) is 0 Å². The average molecular weight is 270 g/mol. The van der Waals surface area contributed by atoms with Gasteiger partial charge in [-0.25, -0.2) is 0 Å². The van der Waals surface area contributed by atoms with Crippen molar-refractivity contribution >= 4 is 23.0 Å². The summed E-state index contributed by atoms with van der Waals surface area (Å²) >= 11 is 6.07. The first-order valence-corrected chi connectivity index (χ1v) is 6.32. The second-order valence-electron chi connectivity index (χ2n) is 4.65. The van der Waals surface area contributed by atoms with Crippen LogP contribution in [0, 0.1) is 17.0 Å². The number of anilines is 1. The third-order valence-corrected chi connectivity index (χ3v) is 3.72. The minimum atomic E-state index is -0.362. The van der Waals surface area contributed by atoms with Gasteiger partial charge in [0.15, 0.2) is 0 Å². The molecule has 2 rings (SSSR count). The van der Waals surface area contributed by atoms with Gasteiger partial charge in [-0.15, -0.1) is 0 Å². The number of piperidine rings is 1. The van der Waals surface area contributed by atoms with E-state index in [0.29, 0.717) is 17.3 Å². The van der Waals surface area contributed by atoms with E-state index in [-0.39, 0.29) is 16.7 Å². The lowest BCUT2D eigenvalue weighted by molar-refractivity contribution is -0.384. The fourth-order valence-corrected chi connectivity index (χ4v) is 2.57. The first kappa shape index (κ1) is 13.1. The Morgan fingerprint density at radius 1 is 1.56 bits per heavy atom. The first-order chi connectivity index (χ1) is 8.50. The Morgan fingerprint density at radius 3 is 2.89 bits per heavy atom. The summed E-state index contributed by atoms with van der Waals surface area (Å²) in [5, 5.41) is 11.7. The van der Waals surface area contributed by atoms with Crippen molar-refractivity contribution < 1.29 is 4.92 Å². The molecular formula is C12H16ClN3O2. The highest BCUT2D eigenvalue weighted by Crippen LogP contribution is 2.37. The van der Waals surface area contributed by atoms with E-state index in [4.69, 9.17) is 17.3 Å². The van der Waals surface area contributed by atoms with Crippen LogP contribution in [-0.2, 0) is 0 Å². The number of nitro groups is 1. The highest BCUT2D eigenvalue weighted by molar-refractivity contribution is 6.31. The lowest BCUT2D eigenvalue weighted by Gasteiger charge is -2.33. The van der Waals surface area contributed by atoms with Crippen molar-refractivity contribution in [2.45, 2.75) is 25.8 Å². The summed E-state index contributed by atoms with van der Waals surface area (Å²) in [4.78, 5) is 12.7. The van der Waals surface area contributed by atoms with Crippen LogP contribution in [0.3, 0.4) is 0 Å². The van der Waals surface area contributed by atoms with Crippen LogP contribution < -0.4 is 10.6 Å². The highest BCUT2D eigenvalue weighted by atomic mass is 35.5. The van der Waals surface area contributed by atoms with Crippen LogP contribution in [0.4, 0.5) is 11.4 Å². The Bertz CT molecular complexity index is 479. The molecule has 98 valence electrons. The van der Waals surface area contributed by atoms with E-state index in [0.717, 1.165) is 24.9 Å². The Hall–Kier alpha value is -1.33. The molecule has 1 atom stereocenters. The molecule has 2 N–H and O–H groups in total. The van der Waals surface area contributed by atoms with Gasteiger partial charge in [0.05, 0.1) is 4.92 Å². The molecule has 1 aliphatic heterocycles. The summed E-state index contributed by atoms with van der Waals surface area (Å²) in [5.74, 6) is 0. The molecule has 0 spiro atoms. The SMILES string of the molecule is Cc1c(Cl)ccc([N+](=O)[O-])c1N1CCCC(N)C1. The molecular weight excluding hydrogens is 254 g/mol. The lowest BCUT2D eigenvalue weighted by Crippen LogP contribution is -2.43. The van der Waals surface area contributed by atoms with Crippen LogP contribution in [0.2, 0.25) is 5.02 Å². The standard InChI is InChI=1S/C12H16ClN3O2/c1-8-10(13)4-5-11(16(17)18)12(8)15-6-2-3-9(14)7-15/h4-5,9H,2-3,6-7,14H2,1H3. The Kier molecular flexibility index (Phi) is 3.73. The topological polar surface area (TPSA) is 72.4 Å². The zero-order valence-corrected chi connectivity index (χ0v) is 11.0. The average Bonchev–Trinajstić information content (AvgIpc) is 2.32. The second-order valence-corrected chi connectivity index (χ2v) is 5.05. The van der Waals surface area contributed by atoms with Gasteiger partial charge in [0, 0.05) is 30.2 Å². The number of hydrogen-bond acceptors (Lipinski definition) is 4. The molecule has 1 heterocycles. The molecule has 5 nitrogen and oxygen atoms in total. The van der Waals surface area contributed by atoms with Crippen molar-refractivity contribution in [1.82, 2.24) is 0 Å². The monoisotopic (exact) mass is 269 g/mol. The molecule has 1 aliphatic rings. The van der Waals surface area contributed by atoms with Gasteiger partial charge in [-0.3, -0.25) is 10.1 Å². The van der Waals surface area contributed by atoms with E-state index in [2.05, 4.69) is 0 Å². The van der Waals surface area contributed by atoms with E-state index < -0.39 is 0 Å². The number of benzene rings is 1. The Labute approximate surface area is 111 Å². The summed E-state index contributed by atoms with van der Waals surface area (Å²) in [6, 6.07) is 3.10. The summed E-state index contributed by atoms with van der Waals surface area (Å²) in [7, 11) is 0. The highest BCUT2D eigenvalue weighted by Gasteiger charge is 2.26. The molecule has 18 heavy (non-hydrogen) atoms. The normalized spacial score (nSPS) is 19.9. The van der Waals surface area contributed by atoms with Crippen LogP contribution in [0.15, 0.2) is 12.1 Å². The van der Waals surface area contributed by atoms with Crippen LogP contribution in [0.25, 0.3) is 0 Å². The molecule has 0 aliphatic carbocycles. The van der Waals surface area contributed by atoms with E-state index in [1.807, 2.05) is 11.8 Å². The van der Waals surface area contributed by atoms with Gasteiger partial charge in [0.2, 0.25) is 0 Å². The molecule has 0 amide bonds. The molecule has 1 fully saturated rings. The van der Waals surface area contributed by atoms with Crippen molar-refractivity contribution in [3.05, 3.63) is 32.8 Å². The molecule has 0 saturated carbocycles. The van der Waals surface area contributed by atoms with E-state index in [1.165, 1.54) is 6.07 Å². The lowest BCUT2D eigenvalue weighted by atomic mass is 10.0. The zero-order valence-electron chi connectivity index (χ0n) is 10.2. The third-order valence-electron chi connectivity index (χ3n) is 3.31. The van der Waals surface area contributed by atoms with Crippen LogP contribution >= 0.6 is 11.6 Å². The van der Waals surface area contributed by atoms with Crippen molar-refractivity contribution in [2.24, 2.45) is 5.73 Å². The fraction of sp³-hybridized carbons (Fsp3) is 0.500. The number of nitro benzene ring substituents is 1. The number of hydrogen-bond donors (Lipinski definition) is 1. The maximum absolute atomic E-state index is 11.1. The zero-order chi connectivity index (χ0) is 13.3. The van der Waals surface area contributed by atoms with Gasteiger partial charge in [-0.05, 0) is 31.4 Å². The molecule has 1 aromatic rings. The summed E-state index contributed by atoms with van der Waals surface area (Å²) in [6.45, 7) is 3.24. The third kappa shape index (κ3) is 2.42. The van der Waals surface area contributed by atoms with Crippen molar-refractivity contribution in [3.63, 3.8) is 0 Å². The number of halogens is 1. The Morgan fingerprint density at radius 2 is 2.28 bits per heavy atom. The first-order valence-electron chi connectivity index (χ1n) is 5.94. The predicted molar refractivity (Wildman–Crippen MR) is 72.3 cm³/mol. The van der Waals surface area contributed by atoms with Crippen molar-refractivity contribution in [2.75, 3.05) is 18.0 Å². The second kappa shape index (κ2) is 5.12. The molecule has 0 aromatic heterocycles. The summed E-state index contributed by atoms with van der Waals surface area (Å²) in [6.07, 6.45) is 1.91. The van der Waals surface area contributed by atoms with Gasteiger partial charge >= 0.3 is 0 Å². The van der Waals surface area contributed by atoms with Crippen molar-refractivity contribution in [1.29, 1.82) is 0 Å². The molecule has 1 unspecified atom stereocenters. The largest absolute Gasteiger partial charge is 0.364 e. The predicted octanol–water partition coefficient (Wildman–Crippen LogP) is 2.48. The van der Waals surface area contributed by atoms with Gasteiger partial charge < -0.3 is 10.6 Å². The molecule has 1 saturated heterocycles. The van der Waals surface area contributed by atoms with Crippen LogP contribution in [-0.4, -0.2) is 24.1 Å². The molecule has 0 radical (unpaired) electrons. The number of nitrogens with zero attached hydrogens (tertiary/aromatic N) is 2. The Balaban J connectivity index is 2.46. The smallest absolute Gasteiger partial charge is 0.292 e. The van der Waals surface area contributed by atoms with E-state index >= 15 is 0 Å². The van der Waals surface area contributed by atoms with Crippen molar-refractivity contribution in [3.8, 4) is 0 Å². The summed E-state index contributed by atoms with van der Waals surface area (Å²) in [5.41, 5.74) is 7.40. The molecule has 1 aromatic carbocycles. The van der Waals surface area contributed by atoms with Crippen LogP contribution in [0.5, 0.6) is 0 Å². The minimum absolute atomic E-state index is 0.0664. The molecule has 6 heteroatoms. The fourth-order valence-electron chi connectivity index (χ4n) is 2.42. The molecule has 0 bridgehead atoms. The van der Waals surface area contributed by atoms with Crippen LogP contribution in [0.1, 0.15) is 18.4 Å². The van der Waals surface area contributed by atoms with Gasteiger partial charge in [0.25, 0.3) is 5.69 Å². The maximum Gasteiger partial charge on any atom is 0.292 e. The quantitative estimate of drug-likeness (QED) is 0.661. The number of nitrogens with two attached hydrogens (primary N) is 1. The number of rotatable bonds is 2. The van der Waals surface area contributed by atoms with Gasteiger partial charge in [-0.1, -0.05) is 11.6 Å². The summed E-state index contributed by atoms with van der Waals surface area (Å²) < 4.78 is 0. The maximum atomic E-state index is 11.1. The minimum Gasteiger partial charge on any atom is -0.364 e. The van der Waals surface area contributed by atoms with E-state index in [9.17, 15) is 10.1 Å².